The Bertz CT molecular complexity index is 576. The minimum Gasteiger partial charge on any atom is -0.445 e. The molecular weight excluding hydrogens is 347 g/mol. The first-order chi connectivity index (χ1) is 11.6. The highest BCUT2D eigenvalue weighted by molar-refractivity contribution is 7.47. The lowest BCUT2D eigenvalue weighted by atomic mass is 10.2. The number of hydrogen-bond donors (Lipinski definition) is 1. The molecule has 0 fully saturated rings. The molecule has 0 spiro atoms. The molecule has 1 amide bonds. The van der Waals surface area contributed by atoms with Crippen molar-refractivity contribution in [3.05, 3.63) is 35.9 Å². The van der Waals surface area contributed by atoms with E-state index >= 15 is 0 Å². The van der Waals surface area contributed by atoms with Crippen LogP contribution in [0.25, 0.3) is 0 Å². The fourth-order valence-electron chi connectivity index (χ4n) is 1.68. The Morgan fingerprint density at radius 3 is 2.36 bits per heavy atom. The molecule has 1 N–H and O–H groups in total. The van der Waals surface area contributed by atoms with Crippen molar-refractivity contribution in [2.24, 2.45) is 0 Å². The zero-order valence-electron chi connectivity index (χ0n) is 15.3. The van der Waals surface area contributed by atoms with E-state index in [0.29, 0.717) is 11.0 Å². The van der Waals surface area contributed by atoms with Crippen LogP contribution in [-0.2, 0) is 25.0 Å². The summed E-state index contributed by atoms with van der Waals surface area (Å²) in [7, 11) is 3.25. The molecule has 0 aliphatic heterocycles. The van der Waals surface area contributed by atoms with Gasteiger partial charge in [-0.2, -0.15) is 0 Å². The van der Waals surface area contributed by atoms with Gasteiger partial charge in [0.25, 0.3) is 0 Å². The Kier molecular flexibility index (Phi) is 8.55. The van der Waals surface area contributed by atoms with Crippen LogP contribution in [0.1, 0.15) is 5.56 Å². The van der Waals surface area contributed by atoms with E-state index in [-0.39, 0.29) is 26.4 Å². The molecule has 8 nitrogen and oxygen atoms in total. The number of phosphoric ester groups is 1. The second-order valence-electron chi connectivity index (χ2n) is 6.61. The van der Waals surface area contributed by atoms with E-state index in [1.807, 2.05) is 51.5 Å². The van der Waals surface area contributed by atoms with Crippen molar-refractivity contribution in [1.29, 1.82) is 0 Å². The number of benzene rings is 1. The van der Waals surface area contributed by atoms with E-state index in [0.717, 1.165) is 5.56 Å². The summed E-state index contributed by atoms with van der Waals surface area (Å²) in [5, 5.41) is 0. The van der Waals surface area contributed by atoms with Gasteiger partial charge in [0.1, 0.15) is 19.8 Å². The smallest absolute Gasteiger partial charge is 0.445 e. The summed E-state index contributed by atoms with van der Waals surface area (Å²) in [4.78, 5) is 22.7. The first-order valence-corrected chi connectivity index (χ1v) is 9.43. The summed E-state index contributed by atoms with van der Waals surface area (Å²) in [5.74, 6) is 0. The van der Waals surface area contributed by atoms with E-state index < -0.39 is 13.9 Å². The molecule has 1 aromatic carbocycles. The monoisotopic (exact) mass is 375 g/mol. The van der Waals surface area contributed by atoms with Crippen molar-refractivity contribution in [3.8, 4) is 0 Å². The van der Waals surface area contributed by atoms with Crippen molar-refractivity contribution in [3.63, 3.8) is 0 Å². The molecule has 0 bridgehead atoms. The number of hydrogen-bond acceptors (Lipinski definition) is 5. The van der Waals surface area contributed by atoms with Crippen LogP contribution in [0.2, 0.25) is 0 Å². The standard InChI is InChI=1S/C16H27N2O6P/c1-17(16(19)22-14-15-8-6-5-7-9-15)10-12-23-25(20,21)24-13-11-18(2,3)4/h5-9H,10-14H2,1-4H3/p+1. The van der Waals surface area contributed by atoms with Gasteiger partial charge in [0.05, 0.1) is 27.7 Å². The number of likely N-dealkylation sites (N-methyl/N-ethyl adjacent to an activating group) is 2. The van der Waals surface area contributed by atoms with Crippen LogP contribution in [0.3, 0.4) is 0 Å². The molecule has 0 aromatic heterocycles. The SMILES string of the molecule is CN(CCOP(=O)(O)OCC[N+](C)(C)C)C(=O)OCc1ccccc1. The molecule has 25 heavy (non-hydrogen) atoms. The molecule has 0 aliphatic carbocycles. The molecule has 0 saturated heterocycles. The summed E-state index contributed by atoms with van der Waals surface area (Å²) in [5.41, 5.74) is 0.881. The highest BCUT2D eigenvalue weighted by Gasteiger charge is 2.23. The summed E-state index contributed by atoms with van der Waals surface area (Å²) in [6.45, 7) is 0.815. The van der Waals surface area contributed by atoms with E-state index in [1.165, 1.54) is 11.9 Å². The van der Waals surface area contributed by atoms with Crippen molar-refractivity contribution >= 4 is 13.9 Å². The number of phosphoric acid groups is 1. The first kappa shape index (κ1) is 21.6. The Morgan fingerprint density at radius 1 is 1.16 bits per heavy atom. The van der Waals surface area contributed by atoms with Crippen LogP contribution in [0.15, 0.2) is 30.3 Å². The highest BCUT2D eigenvalue weighted by Crippen LogP contribution is 2.42. The highest BCUT2D eigenvalue weighted by atomic mass is 31.2. The molecular formula is C16H28N2O6P+. The molecule has 0 aliphatic rings. The van der Waals surface area contributed by atoms with E-state index in [4.69, 9.17) is 13.8 Å². The third-order valence-corrected chi connectivity index (χ3v) is 4.23. The summed E-state index contributed by atoms with van der Waals surface area (Å²) < 4.78 is 27.2. The molecule has 1 rings (SSSR count). The van der Waals surface area contributed by atoms with Crippen LogP contribution in [0.4, 0.5) is 4.79 Å². The van der Waals surface area contributed by atoms with Gasteiger partial charge >= 0.3 is 13.9 Å². The Hall–Kier alpha value is -1.44. The number of rotatable bonds is 10. The average molecular weight is 375 g/mol. The van der Waals surface area contributed by atoms with E-state index in [2.05, 4.69) is 0 Å². The van der Waals surface area contributed by atoms with Gasteiger partial charge in [-0.05, 0) is 5.56 Å². The third-order valence-electron chi connectivity index (χ3n) is 3.21. The van der Waals surface area contributed by atoms with Gasteiger partial charge in [-0.15, -0.1) is 0 Å². The Balaban J connectivity index is 2.24. The number of nitrogens with zero attached hydrogens (tertiary/aromatic N) is 2. The van der Waals surface area contributed by atoms with E-state index in [9.17, 15) is 14.3 Å². The van der Waals surface area contributed by atoms with Gasteiger partial charge in [-0.3, -0.25) is 9.05 Å². The molecule has 1 aromatic rings. The number of amides is 1. The maximum absolute atomic E-state index is 11.8. The molecule has 1 atom stereocenters. The van der Waals surface area contributed by atoms with Gasteiger partial charge in [-0.1, -0.05) is 30.3 Å². The lowest BCUT2D eigenvalue weighted by Crippen LogP contribution is -2.37. The quantitative estimate of drug-likeness (QED) is 0.498. The average Bonchev–Trinajstić information content (AvgIpc) is 2.51. The van der Waals surface area contributed by atoms with Crippen molar-refractivity contribution < 1.29 is 32.5 Å². The Labute approximate surface area is 149 Å². The summed E-state index contributed by atoms with van der Waals surface area (Å²) in [6, 6.07) is 9.30. The Morgan fingerprint density at radius 2 is 1.76 bits per heavy atom. The fourth-order valence-corrected chi connectivity index (χ4v) is 2.38. The number of carbonyl (C=O) groups is 1. The molecule has 0 radical (unpaired) electrons. The first-order valence-electron chi connectivity index (χ1n) is 7.93. The minimum absolute atomic E-state index is 0.103. The van der Waals surface area contributed by atoms with E-state index in [1.54, 1.807) is 0 Å². The van der Waals surface area contributed by atoms with Gasteiger partial charge in [0.2, 0.25) is 0 Å². The summed E-state index contributed by atoms with van der Waals surface area (Å²) >= 11 is 0. The lowest BCUT2D eigenvalue weighted by molar-refractivity contribution is -0.870. The van der Waals surface area contributed by atoms with Crippen LogP contribution in [0, 0.1) is 0 Å². The zero-order valence-corrected chi connectivity index (χ0v) is 16.1. The molecule has 0 heterocycles. The number of carbonyl (C=O) groups excluding carboxylic acids is 1. The third kappa shape index (κ3) is 10.2. The van der Waals surface area contributed by atoms with Crippen LogP contribution < -0.4 is 0 Å². The second-order valence-corrected chi connectivity index (χ2v) is 8.06. The van der Waals surface area contributed by atoms with Crippen molar-refractivity contribution in [2.45, 2.75) is 6.61 Å². The predicted octanol–water partition coefficient (Wildman–Crippen LogP) is 2.09. The number of ether oxygens (including phenoxy) is 1. The zero-order chi connectivity index (χ0) is 18.9. The largest absolute Gasteiger partial charge is 0.472 e. The molecule has 142 valence electrons. The maximum atomic E-state index is 11.8. The maximum Gasteiger partial charge on any atom is 0.472 e. The van der Waals surface area contributed by atoms with Gasteiger partial charge in [0.15, 0.2) is 0 Å². The van der Waals surface area contributed by atoms with Gasteiger partial charge < -0.3 is 19.0 Å². The normalized spacial score (nSPS) is 14.0. The van der Waals surface area contributed by atoms with Gasteiger partial charge in [0, 0.05) is 13.6 Å². The lowest BCUT2D eigenvalue weighted by Gasteiger charge is -2.24. The van der Waals surface area contributed by atoms with Crippen molar-refractivity contribution in [1.82, 2.24) is 4.90 Å². The second kappa shape index (κ2) is 9.89. The minimum atomic E-state index is -4.12. The van der Waals surface area contributed by atoms with Crippen LogP contribution in [0.5, 0.6) is 0 Å². The van der Waals surface area contributed by atoms with Crippen molar-refractivity contribution in [2.75, 3.05) is 54.5 Å². The molecule has 0 saturated carbocycles. The van der Waals surface area contributed by atoms with Crippen LogP contribution >= 0.6 is 7.82 Å². The molecule has 1 unspecified atom stereocenters. The topological polar surface area (TPSA) is 85.3 Å². The fraction of sp³-hybridized carbons (Fsp3) is 0.562. The van der Waals surface area contributed by atoms with Crippen LogP contribution in [-0.4, -0.2) is 74.9 Å². The van der Waals surface area contributed by atoms with Gasteiger partial charge in [-0.25, -0.2) is 9.36 Å². The summed E-state index contributed by atoms with van der Waals surface area (Å²) in [6.07, 6.45) is -0.536. The number of quaternary nitrogens is 1. The predicted molar refractivity (Wildman–Crippen MR) is 93.9 cm³/mol. The molecule has 9 heteroatoms.